The number of aromatic nitrogens is 3. The number of rotatable bonds is 7. The number of thiazole rings is 1. The fraction of sp³-hybridized carbons (Fsp3) is 0.389. The highest BCUT2D eigenvalue weighted by molar-refractivity contribution is 7.09. The molecule has 0 aliphatic carbocycles. The van der Waals surface area contributed by atoms with Crippen LogP contribution in [0.25, 0.3) is 11.0 Å². The summed E-state index contributed by atoms with van der Waals surface area (Å²) in [5.41, 5.74) is 3.08. The summed E-state index contributed by atoms with van der Waals surface area (Å²) in [5.74, 6) is 0. The van der Waals surface area contributed by atoms with E-state index in [0.29, 0.717) is 13.1 Å². The first-order chi connectivity index (χ1) is 12.2. The van der Waals surface area contributed by atoms with E-state index in [-0.39, 0.29) is 6.03 Å². The van der Waals surface area contributed by atoms with Crippen LogP contribution in [-0.4, -0.2) is 39.1 Å². The van der Waals surface area contributed by atoms with E-state index in [4.69, 9.17) is 0 Å². The Morgan fingerprint density at radius 3 is 3.00 bits per heavy atom. The van der Waals surface area contributed by atoms with Crippen LogP contribution in [0.5, 0.6) is 0 Å². The lowest BCUT2D eigenvalue weighted by atomic mass is 10.3. The molecule has 0 saturated heterocycles. The van der Waals surface area contributed by atoms with Gasteiger partial charge in [0, 0.05) is 25.5 Å². The number of urea groups is 1. The Morgan fingerprint density at radius 2 is 2.20 bits per heavy atom. The highest BCUT2D eigenvalue weighted by atomic mass is 32.1. The second-order valence-electron chi connectivity index (χ2n) is 5.95. The minimum atomic E-state index is -0.0680. The lowest BCUT2D eigenvalue weighted by Crippen LogP contribution is -2.37. The van der Waals surface area contributed by atoms with Gasteiger partial charge < -0.3 is 14.8 Å². The van der Waals surface area contributed by atoms with Gasteiger partial charge in [-0.3, -0.25) is 0 Å². The lowest BCUT2D eigenvalue weighted by molar-refractivity contribution is 0.206. The molecular weight excluding hydrogens is 334 g/mol. The Balaban J connectivity index is 1.42. The number of hydrogen-bond acceptors (Lipinski definition) is 4. The molecule has 1 aromatic carbocycles. The highest BCUT2D eigenvalue weighted by Crippen LogP contribution is 2.13. The summed E-state index contributed by atoms with van der Waals surface area (Å²) < 4.78 is 2.12. The largest absolute Gasteiger partial charge is 0.338 e. The molecule has 2 aromatic heterocycles. The first kappa shape index (κ1) is 17.4. The average Bonchev–Trinajstić information content (AvgIpc) is 3.25. The van der Waals surface area contributed by atoms with Crippen molar-refractivity contribution in [3.05, 3.63) is 46.7 Å². The van der Waals surface area contributed by atoms with Crippen molar-refractivity contribution in [2.24, 2.45) is 0 Å². The Labute approximate surface area is 151 Å². The van der Waals surface area contributed by atoms with Gasteiger partial charge in [0.15, 0.2) is 0 Å². The summed E-state index contributed by atoms with van der Waals surface area (Å²) in [6.45, 7) is 4.08. The van der Waals surface area contributed by atoms with E-state index in [1.165, 1.54) is 0 Å². The molecule has 0 atom stereocenters. The van der Waals surface area contributed by atoms with Crippen LogP contribution in [0.1, 0.15) is 24.0 Å². The van der Waals surface area contributed by atoms with Gasteiger partial charge in [0.05, 0.1) is 34.6 Å². The van der Waals surface area contributed by atoms with Gasteiger partial charge >= 0.3 is 6.03 Å². The highest BCUT2D eigenvalue weighted by Gasteiger charge is 2.10. The van der Waals surface area contributed by atoms with Crippen molar-refractivity contribution in [3.63, 3.8) is 0 Å². The zero-order valence-corrected chi connectivity index (χ0v) is 15.4. The normalized spacial score (nSPS) is 11.0. The van der Waals surface area contributed by atoms with Gasteiger partial charge in [-0.25, -0.2) is 14.8 Å². The number of aryl methyl sites for hydroxylation is 2. The van der Waals surface area contributed by atoms with E-state index in [2.05, 4.69) is 32.8 Å². The number of imidazole rings is 1. The minimum Gasteiger partial charge on any atom is -0.338 e. The summed E-state index contributed by atoms with van der Waals surface area (Å²) in [5, 5.41) is 6.09. The summed E-state index contributed by atoms with van der Waals surface area (Å²) in [7, 11) is 1.80. The molecule has 0 spiro atoms. The molecule has 3 rings (SSSR count). The Bertz CT molecular complexity index is 841. The zero-order chi connectivity index (χ0) is 17.6. The van der Waals surface area contributed by atoms with E-state index in [1.807, 2.05) is 29.9 Å². The molecule has 0 fully saturated rings. The van der Waals surface area contributed by atoms with E-state index >= 15 is 0 Å². The van der Waals surface area contributed by atoms with Crippen LogP contribution in [0, 0.1) is 0 Å². The Kier molecular flexibility index (Phi) is 5.65. The van der Waals surface area contributed by atoms with Crippen molar-refractivity contribution in [1.29, 1.82) is 0 Å². The Morgan fingerprint density at radius 1 is 1.36 bits per heavy atom. The van der Waals surface area contributed by atoms with Crippen LogP contribution in [0.4, 0.5) is 4.79 Å². The third kappa shape index (κ3) is 4.36. The summed E-state index contributed by atoms with van der Waals surface area (Å²) >= 11 is 1.65. The van der Waals surface area contributed by atoms with Gasteiger partial charge in [0.1, 0.15) is 0 Å². The van der Waals surface area contributed by atoms with Crippen molar-refractivity contribution < 1.29 is 4.79 Å². The lowest BCUT2D eigenvalue weighted by Gasteiger charge is -2.17. The number of nitrogens with one attached hydrogen (secondary N) is 1. The topological polar surface area (TPSA) is 63.1 Å². The fourth-order valence-corrected chi connectivity index (χ4v) is 3.40. The van der Waals surface area contributed by atoms with Crippen molar-refractivity contribution in [3.8, 4) is 0 Å². The second-order valence-corrected chi connectivity index (χ2v) is 6.90. The molecule has 0 saturated carbocycles. The van der Waals surface area contributed by atoms with Crippen molar-refractivity contribution >= 4 is 28.4 Å². The molecule has 7 heteroatoms. The number of fused-ring (bicyclic) bond motifs is 1. The predicted molar refractivity (Wildman–Crippen MR) is 101 cm³/mol. The molecule has 132 valence electrons. The van der Waals surface area contributed by atoms with Crippen LogP contribution < -0.4 is 5.32 Å². The van der Waals surface area contributed by atoms with Gasteiger partial charge in [-0.05, 0) is 25.0 Å². The van der Waals surface area contributed by atoms with Gasteiger partial charge in [-0.2, -0.15) is 0 Å². The quantitative estimate of drug-likeness (QED) is 0.660. The van der Waals surface area contributed by atoms with E-state index < -0.39 is 0 Å². The van der Waals surface area contributed by atoms with Crippen LogP contribution in [-0.2, 0) is 19.5 Å². The number of para-hydroxylation sites is 2. The fourth-order valence-electron chi connectivity index (χ4n) is 2.67. The summed E-state index contributed by atoms with van der Waals surface area (Å²) in [6, 6.07) is 8.00. The molecule has 25 heavy (non-hydrogen) atoms. The van der Waals surface area contributed by atoms with Crippen molar-refractivity contribution in [1.82, 2.24) is 24.8 Å². The average molecular weight is 357 g/mol. The third-order valence-corrected chi connectivity index (χ3v) is 5.07. The maximum atomic E-state index is 12.2. The monoisotopic (exact) mass is 357 g/mol. The number of benzene rings is 1. The molecule has 2 heterocycles. The van der Waals surface area contributed by atoms with Gasteiger partial charge in [0.2, 0.25) is 0 Å². The molecular formula is C18H23N5OS. The van der Waals surface area contributed by atoms with Crippen LogP contribution in [0.2, 0.25) is 0 Å². The van der Waals surface area contributed by atoms with E-state index in [0.717, 1.165) is 41.1 Å². The number of nitrogens with zero attached hydrogens (tertiary/aromatic N) is 4. The maximum absolute atomic E-state index is 12.2. The number of amides is 2. The SMILES string of the molecule is CCc1nc(CN(C)C(=O)NCCCn2cnc3ccccc32)cs1. The van der Waals surface area contributed by atoms with Gasteiger partial charge in [-0.1, -0.05) is 19.1 Å². The summed E-state index contributed by atoms with van der Waals surface area (Å²) in [6.07, 6.45) is 3.65. The molecule has 0 radical (unpaired) electrons. The first-order valence-electron chi connectivity index (χ1n) is 8.49. The molecule has 0 aliphatic rings. The molecule has 3 aromatic rings. The Hall–Kier alpha value is -2.41. The van der Waals surface area contributed by atoms with E-state index in [9.17, 15) is 4.79 Å². The second kappa shape index (κ2) is 8.11. The third-order valence-electron chi connectivity index (χ3n) is 4.03. The molecule has 6 nitrogen and oxygen atoms in total. The van der Waals surface area contributed by atoms with Crippen molar-refractivity contribution in [2.75, 3.05) is 13.6 Å². The van der Waals surface area contributed by atoms with Crippen LogP contribution in [0.15, 0.2) is 36.0 Å². The minimum absolute atomic E-state index is 0.0680. The van der Waals surface area contributed by atoms with Gasteiger partial charge in [-0.15, -0.1) is 11.3 Å². The number of carbonyl (C=O) groups is 1. The molecule has 0 bridgehead atoms. The van der Waals surface area contributed by atoms with Crippen LogP contribution >= 0.6 is 11.3 Å². The molecule has 0 aliphatic heterocycles. The maximum Gasteiger partial charge on any atom is 0.317 e. The van der Waals surface area contributed by atoms with Crippen LogP contribution in [0.3, 0.4) is 0 Å². The first-order valence-corrected chi connectivity index (χ1v) is 9.37. The van der Waals surface area contributed by atoms with E-state index in [1.54, 1.807) is 23.3 Å². The van der Waals surface area contributed by atoms with Crippen molar-refractivity contribution in [2.45, 2.75) is 32.9 Å². The predicted octanol–water partition coefficient (Wildman–Crippen LogP) is 3.29. The standard InChI is InChI=1S/C18H23N5OS/c1-3-17-21-14(12-25-17)11-22(2)18(24)19-9-6-10-23-13-20-15-7-4-5-8-16(15)23/h4-5,7-8,12-13H,3,6,9-11H2,1-2H3,(H,19,24). The smallest absolute Gasteiger partial charge is 0.317 e. The molecule has 0 unspecified atom stereocenters. The number of hydrogen-bond donors (Lipinski definition) is 1. The van der Waals surface area contributed by atoms with Gasteiger partial charge in [0.25, 0.3) is 0 Å². The summed E-state index contributed by atoms with van der Waals surface area (Å²) in [4.78, 5) is 22.7. The molecule has 2 amide bonds. The number of carbonyl (C=O) groups excluding carboxylic acids is 1. The molecule has 1 N–H and O–H groups in total. The zero-order valence-electron chi connectivity index (χ0n) is 14.6.